The molecule has 4 heteroatoms. The molecule has 3 nitrogen and oxygen atoms in total. The third kappa shape index (κ3) is 2.54. The fraction of sp³-hybridized carbons (Fsp3) is 0.0625. The van der Waals surface area contributed by atoms with E-state index in [2.05, 4.69) is 10.3 Å². The van der Waals surface area contributed by atoms with E-state index in [9.17, 15) is 4.39 Å². The normalized spacial score (nSPS) is 10.5. The first kappa shape index (κ1) is 12.4. The van der Waals surface area contributed by atoms with Gasteiger partial charge >= 0.3 is 0 Å². The van der Waals surface area contributed by atoms with E-state index in [0.29, 0.717) is 11.4 Å². The van der Waals surface area contributed by atoms with E-state index >= 15 is 0 Å². The minimum absolute atomic E-state index is 0.269. The summed E-state index contributed by atoms with van der Waals surface area (Å²) >= 11 is 0. The van der Waals surface area contributed by atoms with Gasteiger partial charge in [-0.05, 0) is 19.1 Å². The second-order valence-electron chi connectivity index (χ2n) is 4.50. The molecular weight excluding hydrogens is 255 g/mol. The molecule has 0 bridgehead atoms. The molecule has 0 unspecified atom stereocenters. The molecule has 0 aliphatic rings. The zero-order valence-corrected chi connectivity index (χ0v) is 10.9. The van der Waals surface area contributed by atoms with Crippen molar-refractivity contribution in [1.29, 1.82) is 0 Å². The number of rotatable bonds is 3. The van der Waals surface area contributed by atoms with Crippen LogP contribution in [-0.4, -0.2) is 4.98 Å². The predicted octanol–water partition coefficient (Wildman–Crippen LogP) is 4.53. The molecule has 1 N–H and O–H groups in total. The lowest BCUT2D eigenvalue weighted by Crippen LogP contribution is -1.92. The van der Waals surface area contributed by atoms with Crippen molar-refractivity contribution in [3.63, 3.8) is 0 Å². The maximum absolute atomic E-state index is 13.5. The Kier molecular flexibility index (Phi) is 3.21. The molecule has 2 aromatic carbocycles. The Balaban J connectivity index is 1.84. The highest BCUT2D eigenvalue weighted by molar-refractivity contribution is 5.60. The van der Waals surface area contributed by atoms with Crippen LogP contribution < -0.4 is 5.32 Å². The van der Waals surface area contributed by atoms with Crippen molar-refractivity contribution in [2.45, 2.75) is 6.92 Å². The molecule has 0 atom stereocenters. The van der Waals surface area contributed by atoms with E-state index < -0.39 is 0 Å². The Labute approximate surface area is 116 Å². The summed E-state index contributed by atoms with van der Waals surface area (Å²) in [6.07, 6.45) is 1.62. The van der Waals surface area contributed by atoms with Crippen LogP contribution >= 0.6 is 0 Å². The van der Waals surface area contributed by atoms with Gasteiger partial charge in [0.05, 0.1) is 11.9 Å². The maximum Gasteiger partial charge on any atom is 0.299 e. The summed E-state index contributed by atoms with van der Waals surface area (Å²) in [5.74, 6) is 0.298. The fourth-order valence-corrected chi connectivity index (χ4v) is 1.86. The van der Waals surface area contributed by atoms with Crippen LogP contribution in [0.5, 0.6) is 0 Å². The predicted molar refractivity (Wildman–Crippen MR) is 76.4 cm³/mol. The van der Waals surface area contributed by atoms with Crippen LogP contribution in [0, 0.1) is 12.7 Å². The second kappa shape index (κ2) is 5.17. The van der Waals surface area contributed by atoms with Gasteiger partial charge in [0.2, 0.25) is 0 Å². The van der Waals surface area contributed by atoms with E-state index in [-0.39, 0.29) is 11.8 Å². The van der Waals surface area contributed by atoms with Crippen LogP contribution in [0.4, 0.5) is 16.1 Å². The number of nitrogens with one attached hydrogen (secondary N) is 1. The zero-order chi connectivity index (χ0) is 13.9. The maximum atomic E-state index is 13.5. The number of aromatic nitrogens is 1. The molecule has 3 rings (SSSR count). The molecule has 0 fully saturated rings. The van der Waals surface area contributed by atoms with Crippen LogP contribution in [-0.2, 0) is 0 Å². The largest absolute Gasteiger partial charge is 0.423 e. The molecular formula is C16H13FN2O. The van der Waals surface area contributed by atoms with Gasteiger partial charge in [-0.15, -0.1) is 0 Å². The number of para-hydroxylation sites is 1. The summed E-state index contributed by atoms with van der Waals surface area (Å²) in [6, 6.07) is 14.6. The number of nitrogens with zero attached hydrogens (tertiary/aromatic N) is 1. The molecule has 100 valence electrons. The summed E-state index contributed by atoms with van der Waals surface area (Å²) < 4.78 is 19.1. The van der Waals surface area contributed by atoms with Gasteiger partial charge in [-0.1, -0.05) is 42.0 Å². The first-order valence-corrected chi connectivity index (χ1v) is 6.27. The number of benzene rings is 2. The molecule has 1 aromatic heterocycles. The van der Waals surface area contributed by atoms with Gasteiger partial charge in [-0.3, -0.25) is 0 Å². The molecule has 3 aromatic rings. The van der Waals surface area contributed by atoms with Crippen molar-refractivity contribution in [2.75, 3.05) is 5.32 Å². The highest BCUT2D eigenvalue weighted by Gasteiger charge is 2.08. The number of hydrogen-bond donors (Lipinski definition) is 1. The van der Waals surface area contributed by atoms with Crippen LogP contribution in [0.3, 0.4) is 0 Å². The van der Waals surface area contributed by atoms with Crippen molar-refractivity contribution in [2.24, 2.45) is 0 Å². The summed E-state index contributed by atoms with van der Waals surface area (Å²) in [6.45, 7) is 2.02. The lowest BCUT2D eigenvalue weighted by atomic mass is 10.1. The average molecular weight is 268 g/mol. The average Bonchev–Trinajstić information content (AvgIpc) is 2.91. The van der Waals surface area contributed by atoms with Gasteiger partial charge in [-0.2, -0.15) is 0 Å². The van der Waals surface area contributed by atoms with E-state index in [1.54, 1.807) is 24.4 Å². The highest BCUT2D eigenvalue weighted by Crippen LogP contribution is 2.25. The third-order valence-corrected chi connectivity index (χ3v) is 2.96. The topological polar surface area (TPSA) is 38.1 Å². The Morgan fingerprint density at radius 2 is 1.80 bits per heavy atom. The van der Waals surface area contributed by atoms with E-state index in [1.807, 2.05) is 31.2 Å². The van der Waals surface area contributed by atoms with E-state index in [4.69, 9.17) is 4.42 Å². The molecule has 20 heavy (non-hydrogen) atoms. The van der Waals surface area contributed by atoms with Gasteiger partial charge in [0.25, 0.3) is 6.01 Å². The van der Waals surface area contributed by atoms with Crippen LogP contribution in [0.2, 0.25) is 0 Å². The minimum Gasteiger partial charge on any atom is -0.423 e. The van der Waals surface area contributed by atoms with Crippen molar-refractivity contribution < 1.29 is 8.81 Å². The van der Waals surface area contributed by atoms with E-state index in [1.165, 1.54) is 11.6 Å². The second-order valence-corrected chi connectivity index (χ2v) is 4.50. The molecule has 0 amide bonds. The molecule has 1 heterocycles. The first-order valence-electron chi connectivity index (χ1n) is 6.27. The van der Waals surface area contributed by atoms with Crippen LogP contribution in [0.25, 0.3) is 11.3 Å². The summed E-state index contributed by atoms with van der Waals surface area (Å²) in [4.78, 5) is 4.11. The number of anilines is 2. The molecule has 0 aliphatic carbocycles. The van der Waals surface area contributed by atoms with Crippen molar-refractivity contribution in [1.82, 2.24) is 4.98 Å². The highest BCUT2D eigenvalue weighted by atomic mass is 19.1. The van der Waals surface area contributed by atoms with Crippen LogP contribution in [0.15, 0.2) is 59.1 Å². The van der Waals surface area contributed by atoms with Gasteiger partial charge in [0, 0.05) is 5.56 Å². The van der Waals surface area contributed by atoms with Gasteiger partial charge in [-0.25, -0.2) is 9.37 Å². The number of halogens is 1. The van der Waals surface area contributed by atoms with Crippen LogP contribution in [0.1, 0.15) is 5.56 Å². The van der Waals surface area contributed by atoms with Gasteiger partial charge in [0.1, 0.15) is 5.82 Å². The van der Waals surface area contributed by atoms with Crippen molar-refractivity contribution in [3.05, 3.63) is 66.1 Å². The Morgan fingerprint density at radius 1 is 1.05 bits per heavy atom. The van der Waals surface area contributed by atoms with Crippen molar-refractivity contribution >= 4 is 11.7 Å². The monoisotopic (exact) mass is 268 g/mol. The lowest BCUT2D eigenvalue weighted by molar-refractivity contribution is 0.587. The molecule has 0 spiro atoms. The summed E-state index contributed by atoms with van der Waals surface area (Å²) in [5.41, 5.74) is 2.45. The Bertz CT molecular complexity index is 719. The molecule has 0 saturated carbocycles. The zero-order valence-electron chi connectivity index (χ0n) is 10.9. The Hall–Kier alpha value is -2.62. The standard InChI is InChI=1S/C16H13FN2O/c1-11-6-8-12(9-7-11)15-10-18-16(20-15)19-14-5-3-2-4-13(14)17/h2-10H,1H3,(H,18,19). The first-order chi connectivity index (χ1) is 9.72. The summed E-state index contributed by atoms with van der Waals surface area (Å²) in [7, 11) is 0. The molecule has 0 radical (unpaired) electrons. The SMILES string of the molecule is Cc1ccc(-c2cnc(Nc3ccccc3F)o2)cc1. The third-order valence-electron chi connectivity index (χ3n) is 2.96. The number of hydrogen-bond acceptors (Lipinski definition) is 3. The minimum atomic E-state index is -0.345. The van der Waals surface area contributed by atoms with E-state index in [0.717, 1.165) is 5.56 Å². The smallest absolute Gasteiger partial charge is 0.299 e. The molecule has 0 aliphatic heterocycles. The summed E-state index contributed by atoms with van der Waals surface area (Å²) in [5, 5.41) is 2.82. The lowest BCUT2D eigenvalue weighted by Gasteiger charge is -2.02. The van der Waals surface area contributed by atoms with Crippen molar-refractivity contribution in [3.8, 4) is 11.3 Å². The Morgan fingerprint density at radius 3 is 2.55 bits per heavy atom. The quantitative estimate of drug-likeness (QED) is 0.758. The van der Waals surface area contributed by atoms with Gasteiger partial charge < -0.3 is 9.73 Å². The number of oxazole rings is 1. The molecule has 0 saturated heterocycles. The van der Waals surface area contributed by atoms with Gasteiger partial charge in [0.15, 0.2) is 5.76 Å². The fourth-order valence-electron chi connectivity index (χ4n) is 1.86. The number of aryl methyl sites for hydroxylation is 1.